The molecule has 1 saturated heterocycles. The molecule has 0 bridgehead atoms. The number of methoxy groups -OCH3 is 1. The van der Waals surface area contributed by atoms with Gasteiger partial charge in [0.25, 0.3) is 11.8 Å². The first-order valence-corrected chi connectivity index (χ1v) is 32.7. The lowest BCUT2D eigenvalue weighted by Gasteiger charge is -2.26. The minimum Gasteiger partial charge on any atom is -0.496 e. The van der Waals surface area contributed by atoms with Crippen LogP contribution < -0.4 is 14.4 Å². The number of esters is 3. The van der Waals surface area contributed by atoms with Gasteiger partial charge in [0.2, 0.25) is 0 Å². The number of imide groups is 1. The lowest BCUT2D eigenvalue weighted by atomic mass is 9.95. The van der Waals surface area contributed by atoms with Gasteiger partial charge in [0.15, 0.2) is 41.8 Å². The van der Waals surface area contributed by atoms with Crippen LogP contribution in [0.5, 0.6) is 11.5 Å². The number of imidazole rings is 1. The minimum absolute atomic E-state index is 0.0145. The first kappa shape index (κ1) is 65.4. The summed E-state index contributed by atoms with van der Waals surface area (Å²) in [4.78, 5) is 85.4. The van der Waals surface area contributed by atoms with E-state index in [1.165, 1.54) is 66.5 Å². The summed E-state index contributed by atoms with van der Waals surface area (Å²) in [5.74, 6) is -3.65. The van der Waals surface area contributed by atoms with Crippen LogP contribution in [-0.2, 0) is 76.9 Å². The molecule has 24 nitrogen and oxygen atoms in total. The Morgan fingerprint density at radius 2 is 1.20 bits per heavy atom. The topological polar surface area (TPSA) is 292 Å². The molecule has 0 saturated carbocycles. The standard InChI is InChI=1S/C68H60N6O18P2/c1-45-53-40-84-68(79)55(53)58(83-38-46-22-9-3-10-23-46)52(57(45)82-2)34-37-85-93(80,87-39-47-24-11-4-12-25-47)44-89-94(81,86-36-21-35-69)88-41-54-59(91-66(77)50-30-17-7-18-31-50)60(92-67(78)51-32-19-8-20-33-51)65(90-54)73-43-72-56-61(73)70-42-71-62(56)74(63(75)48-26-13-5-14-27-48)64(76)49-28-15-6-16-29-49/h3-20,22-33,42-43,54,59-60,65H,21,34,36-41,44H2,1-2H3/t54-,59-,60-,65-,93?,94?/m1/s1. The Bertz CT molecular complexity index is 4270. The van der Waals surface area contributed by atoms with Gasteiger partial charge in [-0.2, -0.15) is 5.26 Å². The van der Waals surface area contributed by atoms with Crippen LogP contribution in [0, 0.1) is 18.3 Å². The zero-order valence-corrected chi connectivity index (χ0v) is 52.4. The molecule has 9 aromatic rings. The Morgan fingerprint density at radius 3 is 1.78 bits per heavy atom. The number of cyclic esters (lactones) is 1. The van der Waals surface area contributed by atoms with Gasteiger partial charge in [-0.05, 0) is 72.1 Å². The first-order chi connectivity index (χ1) is 45.7. The van der Waals surface area contributed by atoms with E-state index in [1.807, 2.05) is 36.4 Å². The first-order valence-electron chi connectivity index (χ1n) is 29.5. The molecule has 0 N–H and O–H groups in total. The van der Waals surface area contributed by atoms with Crippen LogP contribution in [0.25, 0.3) is 11.2 Å². The highest BCUT2D eigenvalue weighted by Crippen LogP contribution is 2.58. The van der Waals surface area contributed by atoms with Gasteiger partial charge in [-0.15, -0.1) is 0 Å². The predicted octanol–water partition coefficient (Wildman–Crippen LogP) is 11.9. The molecule has 1 fully saturated rings. The number of hydrogen-bond acceptors (Lipinski definition) is 22. The normalized spacial score (nSPS) is 17.0. The number of carbonyl (C=O) groups excluding carboxylic acids is 5. The summed E-state index contributed by atoms with van der Waals surface area (Å²) < 4.78 is 98.6. The van der Waals surface area contributed by atoms with E-state index in [0.717, 1.165) is 16.8 Å². The van der Waals surface area contributed by atoms with Gasteiger partial charge < -0.3 is 37.5 Å². The molecule has 2 aliphatic heterocycles. The van der Waals surface area contributed by atoms with Gasteiger partial charge in [0, 0.05) is 28.7 Å². The Morgan fingerprint density at radius 1 is 0.649 bits per heavy atom. The molecule has 11 rings (SSSR count). The fraction of sp³-hybridized carbons (Fsp3) is 0.221. The Kier molecular flexibility index (Phi) is 21.0. The van der Waals surface area contributed by atoms with E-state index in [-0.39, 0.29) is 83.2 Å². The molecule has 0 aliphatic carbocycles. The van der Waals surface area contributed by atoms with Crippen molar-refractivity contribution in [2.24, 2.45) is 0 Å². The molecule has 2 amide bonds. The molecule has 2 aliphatic rings. The van der Waals surface area contributed by atoms with Crippen molar-refractivity contribution in [3.8, 4) is 17.6 Å². The molecule has 480 valence electrons. The molecule has 0 spiro atoms. The third kappa shape index (κ3) is 15.0. The number of phosphoric acid groups is 1. The summed E-state index contributed by atoms with van der Waals surface area (Å²) in [5, 5.41) is 9.63. The van der Waals surface area contributed by atoms with Crippen LogP contribution in [0.3, 0.4) is 0 Å². The number of rotatable bonds is 28. The van der Waals surface area contributed by atoms with E-state index in [1.54, 1.807) is 110 Å². The van der Waals surface area contributed by atoms with E-state index in [2.05, 4.69) is 15.0 Å². The summed E-state index contributed by atoms with van der Waals surface area (Å²) in [5.41, 5.74) is 3.41. The SMILES string of the molecule is COc1c(C)c2c(c(OCc3ccccc3)c1CCOP(=O)(COP(=O)(OCCC#N)OC[C@H]1O[C@@H](n3cnc4c(N(C(=O)c5ccccc5)C(=O)c5ccccc5)ncnc43)[C@H](OC(=O)c3ccccc3)[C@@H]1OC(=O)c1ccccc1)OCc1ccccc1)C(=O)OC2. The largest absolute Gasteiger partial charge is 0.496 e. The highest BCUT2D eigenvalue weighted by atomic mass is 31.2. The molecule has 0 radical (unpaired) electrons. The number of fused-ring (bicyclic) bond motifs is 2. The number of ether oxygens (including phenoxy) is 6. The second kappa shape index (κ2) is 30.1. The van der Waals surface area contributed by atoms with E-state index in [0.29, 0.717) is 28.0 Å². The number of carbonyl (C=O) groups is 5. The van der Waals surface area contributed by atoms with Gasteiger partial charge in [-0.3, -0.25) is 32.3 Å². The summed E-state index contributed by atoms with van der Waals surface area (Å²) in [6.07, 6.45) is -5.68. The fourth-order valence-corrected chi connectivity index (χ4v) is 13.4. The van der Waals surface area contributed by atoms with Crippen molar-refractivity contribution in [1.29, 1.82) is 5.26 Å². The number of nitrogens with zero attached hydrogens (tertiary/aromatic N) is 6. The minimum atomic E-state index is -5.10. The number of anilines is 1. The highest BCUT2D eigenvalue weighted by molar-refractivity contribution is 7.55. The van der Waals surface area contributed by atoms with Gasteiger partial charge in [0.1, 0.15) is 42.7 Å². The molecule has 94 heavy (non-hydrogen) atoms. The van der Waals surface area contributed by atoms with Gasteiger partial charge in [-0.1, -0.05) is 133 Å². The number of aromatic nitrogens is 4. The molecular formula is C68H60N6O18P2. The van der Waals surface area contributed by atoms with Crippen LogP contribution in [0.4, 0.5) is 5.82 Å². The van der Waals surface area contributed by atoms with Gasteiger partial charge in [-0.25, -0.2) is 38.8 Å². The zero-order valence-electron chi connectivity index (χ0n) is 50.6. The van der Waals surface area contributed by atoms with Crippen molar-refractivity contribution in [2.75, 3.05) is 38.2 Å². The van der Waals surface area contributed by atoms with Crippen LogP contribution in [0.1, 0.15) is 92.3 Å². The molecular weight excluding hydrogens is 1250 g/mol. The quantitative estimate of drug-likeness (QED) is 0.0145. The monoisotopic (exact) mass is 1310 g/mol. The molecule has 4 heterocycles. The molecule has 2 unspecified atom stereocenters. The van der Waals surface area contributed by atoms with Crippen molar-refractivity contribution >= 4 is 62.1 Å². The average molecular weight is 1310 g/mol. The summed E-state index contributed by atoms with van der Waals surface area (Å²) in [6, 6.07) is 51.6. The van der Waals surface area contributed by atoms with Crippen molar-refractivity contribution in [3.63, 3.8) is 0 Å². The highest BCUT2D eigenvalue weighted by Gasteiger charge is 2.53. The van der Waals surface area contributed by atoms with Crippen molar-refractivity contribution in [3.05, 3.63) is 250 Å². The lowest BCUT2D eigenvalue weighted by molar-refractivity contribution is -0.0573. The van der Waals surface area contributed by atoms with Crippen LogP contribution in [0.15, 0.2) is 195 Å². The van der Waals surface area contributed by atoms with E-state index in [4.69, 9.17) is 51.0 Å². The Hall–Kier alpha value is -10.1. The third-order valence-corrected chi connectivity index (χ3v) is 18.2. The summed E-state index contributed by atoms with van der Waals surface area (Å²) in [6.45, 7) is -0.292. The predicted molar refractivity (Wildman–Crippen MR) is 336 cm³/mol. The Labute approximate surface area is 538 Å². The maximum absolute atomic E-state index is 15.2. The van der Waals surface area contributed by atoms with Crippen molar-refractivity contribution in [2.45, 2.75) is 64.1 Å². The van der Waals surface area contributed by atoms with Crippen LogP contribution in [0.2, 0.25) is 0 Å². The average Bonchev–Trinajstić information content (AvgIpc) is 1.69. The van der Waals surface area contributed by atoms with E-state index < -0.39 is 95.8 Å². The summed E-state index contributed by atoms with van der Waals surface area (Å²) in [7, 11) is -8.25. The molecule has 7 aromatic carbocycles. The van der Waals surface area contributed by atoms with Gasteiger partial charge in [0.05, 0.1) is 63.5 Å². The second-order valence-corrected chi connectivity index (χ2v) is 24.8. The number of nitriles is 1. The zero-order chi connectivity index (χ0) is 65.6. The third-order valence-electron chi connectivity index (χ3n) is 15.1. The molecule has 26 heteroatoms. The number of phosphoric ester groups is 1. The van der Waals surface area contributed by atoms with Crippen LogP contribution >= 0.6 is 15.4 Å². The molecule has 6 atom stereocenters. The second-order valence-electron chi connectivity index (χ2n) is 21.1. The fourth-order valence-electron chi connectivity index (χ4n) is 10.5. The van der Waals surface area contributed by atoms with Gasteiger partial charge >= 0.3 is 33.3 Å². The van der Waals surface area contributed by atoms with E-state index in [9.17, 15) is 29.2 Å². The van der Waals surface area contributed by atoms with E-state index >= 15 is 9.13 Å². The Balaban J connectivity index is 0.925. The number of amides is 2. The summed E-state index contributed by atoms with van der Waals surface area (Å²) >= 11 is 0. The maximum atomic E-state index is 15.2. The maximum Gasteiger partial charge on any atom is 0.475 e. The smallest absolute Gasteiger partial charge is 0.475 e. The van der Waals surface area contributed by atoms with Crippen LogP contribution in [-0.4, -0.2) is 101 Å². The molecule has 2 aromatic heterocycles. The number of hydrogen-bond donors (Lipinski definition) is 0. The van der Waals surface area contributed by atoms with Crippen molar-refractivity contribution in [1.82, 2.24) is 19.5 Å². The van der Waals surface area contributed by atoms with Crippen molar-refractivity contribution < 1.29 is 84.1 Å². The number of benzene rings is 7. The lowest BCUT2D eigenvalue weighted by Crippen LogP contribution is -2.41.